The number of nitrogens with two attached hydrogens (primary N) is 1. The van der Waals surface area contributed by atoms with Gasteiger partial charge in [-0.15, -0.1) is 0 Å². The minimum atomic E-state index is -0.338. The van der Waals surface area contributed by atoms with Crippen molar-refractivity contribution < 1.29 is 4.39 Å². The number of nitrogen functional groups attached to an aromatic ring is 1. The molecule has 0 fully saturated rings. The van der Waals surface area contributed by atoms with Crippen molar-refractivity contribution in [2.45, 2.75) is 13.8 Å². The maximum Gasteiger partial charge on any atom is 0.153 e. The Morgan fingerprint density at radius 3 is 2.67 bits per heavy atom. The number of nitrogens with zero attached hydrogens (tertiary/aromatic N) is 1. The van der Waals surface area contributed by atoms with Crippen LogP contribution in [0.1, 0.15) is 11.1 Å². The lowest BCUT2D eigenvalue weighted by Gasteiger charge is -2.11. The molecule has 0 aliphatic rings. The molecular formula is C13H13ClFN3. The highest BCUT2D eigenvalue weighted by Crippen LogP contribution is 2.29. The zero-order chi connectivity index (χ0) is 13.3. The SMILES string of the molecule is Cc1cnc(Nc2cc(C)c(F)cc2Cl)c(N)c1. The molecular weight excluding hydrogens is 253 g/mol. The fourth-order valence-corrected chi connectivity index (χ4v) is 1.77. The Balaban J connectivity index is 2.37. The predicted molar refractivity (Wildman–Crippen MR) is 72.8 cm³/mol. The lowest BCUT2D eigenvalue weighted by Crippen LogP contribution is -2.01. The fourth-order valence-electron chi connectivity index (χ4n) is 1.58. The van der Waals surface area contributed by atoms with Crippen molar-refractivity contribution in [2.75, 3.05) is 11.1 Å². The molecule has 1 heterocycles. The standard InChI is InChI=1S/C13H13ClFN3/c1-7-3-11(16)13(17-6-7)18-12-4-8(2)10(15)5-9(12)14/h3-6H,16H2,1-2H3,(H,17,18). The van der Waals surface area contributed by atoms with E-state index in [1.165, 1.54) is 6.07 Å². The second kappa shape index (κ2) is 4.82. The van der Waals surface area contributed by atoms with E-state index in [1.807, 2.05) is 6.92 Å². The maximum atomic E-state index is 13.3. The number of rotatable bonds is 2. The monoisotopic (exact) mass is 265 g/mol. The fraction of sp³-hybridized carbons (Fsp3) is 0.154. The van der Waals surface area contributed by atoms with Gasteiger partial charge in [-0.25, -0.2) is 9.37 Å². The Bertz CT molecular complexity index is 599. The summed E-state index contributed by atoms with van der Waals surface area (Å²) in [4.78, 5) is 4.18. The van der Waals surface area contributed by atoms with Crippen LogP contribution in [0.5, 0.6) is 0 Å². The predicted octanol–water partition coefficient (Wildman–Crippen LogP) is 3.82. The first-order chi connectivity index (χ1) is 8.47. The van der Waals surface area contributed by atoms with Crippen molar-refractivity contribution in [1.82, 2.24) is 4.98 Å². The van der Waals surface area contributed by atoms with Crippen LogP contribution in [0.25, 0.3) is 0 Å². The molecule has 0 saturated carbocycles. The van der Waals surface area contributed by atoms with Gasteiger partial charge in [0.1, 0.15) is 5.82 Å². The summed E-state index contributed by atoms with van der Waals surface area (Å²) >= 11 is 5.96. The molecule has 1 aromatic carbocycles. The summed E-state index contributed by atoms with van der Waals surface area (Å²) < 4.78 is 13.3. The minimum absolute atomic E-state index is 0.292. The van der Waals surface area contributed by atoms with Crippen LogP contribution in [-0.4, -0.2) is 4.98 Å². The number of anilines is 3. The van der Waals surface area contributed by atoms with Gasteiger partial charge in [0, 0.05) is 6.20 Å². The number of benzene rings is 1. The smallest absolute Gasteiger partial charge is 0.153 e. The van der Waals surface area contributed by atoms with E-state index in [4.69, 9.17) is 17.3 Å². The highest BCUT2D eigenvalue weighted by Gasteiger charge is 2.08. The van der Waals surface area contributed by atoms with Gasteiger partial charge < -0.3 is 11.1 Å². The topological polar surface area (TPSA) is 50.9 Å². The van der Waals surface area contributed by atoms with Crippen molar-refractivity contribution in [3.8, 4) is 0 Å². The summed E-state index contributed by atoms with van der Waals surface area (Å²) in [6.07, 6.45) is 1.70. The normalized spacial score (nSPS) is 10.4. The summed E-state index contributed by atoms with van der Waals surface area (Å²) in [7, 11) is 0. The Hall–Kier alpha value is -1.81. The molecule has 0 saturated heterocycles. The van der Waals surface area contributed by atoms with Crippen LogP contribution >= 0.6 is 11.6 Å². The van der Waals surface area contributed by atoms with Gasteiger partial charge >= 0.3 is 0 Å². The number of pyridine rings is 1. The molecule has 0 spiro atoms. The number of hydrogen-bond donors (Lipinski definition) is 2. The molecule has 0 bridgehead atoms. The molecule has 0 aliphatic heterocycles. The van der Waals surface area contributed by atoms with E-state index >= 15 is 0 Å². The van der Waals surface area contributed by atoms with E-state index in [1.54, 1.807) is 25.3 Å². The minimum Gasteiger partial charge on any atom is -0.396 e. The molecule has 0 unspecified atom stereocenters. The Morgan fingerprint density at radius 2 is 2.00 bits per heavy atom. The van der Waals surface area contributed by atoms with Crippen molar-refractivity contribution in [3.05, 3.63) is 46.4 Å². The Labute approximate surface area is 110 Å². The van der Waals surface area contributed by atoms with Crippen LogP contribution in [-0.2, 0) is 0 Å². The third-order valence-electron chi connectivity index (χ3n) is 2.56. The lowest BCUT2D eigenvalue weighted by molar-refractivity contribution is 0.619. The second-order valence-electron chi connectivity index (χ2n) is 4.16. The molecule has 0 atom stereocenters. The van der Waals surface area contributed by atoms with Gasteiger partial charge in [-0.1, -0.05) is 11.6 Å². The summed E-state index contributed by atoms with van der Waals surface area (Å²) in [5.41, 5.74) is 8.43. The van der Waals surface area contributed by atoms with E-state index in [9.17, 15) is 4.39 Å². The molecule has 94 valence electrons. The number of aromatic nitrogens is 1. The van der Waals surface area contributed by atoms with E-state index in [2.05, 4.69) is 10.3 Å². The average molecular weight is 266 g/mol. The van der Waals surface area contributed by atoms with Crippen LogP contribution in [0, 0.1) is 19.7 Å². The number of hydrogen-bond acceptors (Lipinski definition) is 3. The van der Waals surface area contributed by atoms with Gasteiger partial charge in [-0.05, 0) is 43.2 Å². The van der Waals surface area contributed by atoms with Gasteiger partial charge in [0.2, 0.25) is 0 Å². The Morgan fingerprint density at radius 1 is 1.28 bits per heavy atom. The number of halogens is 2. The molecule has 18 heavy (non-hydrogen) atoms. The van der Waals surface area contributed by atoms with Crippen molar-refractivity contribution in [3.63, 3.8) is 0 Å². The Kier molecular flexibility index (Phi) is 3.39. The highest BCUT2D eigenvalue weighted by atomic mass is 35.5. The molecule has 1 aromatic heterocycles. The summed E-state index contributed by atoms with van der Waals surface area (Å²) in [6, 6.07) is 4.70. The molecule has 3 nitrogen and oxygen atoms in total. The molecule has 0 radical (unpaired) electrons. The molecule has 2 rings (SSSR count). The second-order valence-corrected chi connectivity index (χ2v) is 4.56. The number of nitrogens with one attached hydrogen (secondary N) is 1. The van der Waals surface area contributed by atoms with E-state index in [0.717, 1.165) is 5.56 Å². The van der Waals surface area contributed by atoms with Crippen LogP contribution in [0.4, 0.5) is 21.6 Å². The lowest BCUT2D eigenvalue weighted by atomic mass is 10.2. The van der Waals surface area contributed by atoms with E-state index in [-0.39, 0.29) is 5.82 Å². The van der Waals surface area contributed by atoms with Gasteiger partial charge in [0.05, 0.1) is 16.4 Å². The first-order valence-electron chi connectivity index (χ1n) is 5.42. The van der Waals surface area contributed by atoms with Gasteiger partial charge in [0.25, 0.3) is 0 Å². The zero-order valence-electron chi connectivity index (χ0n) is 10.1. The van der Waals surface area contributed by atoms with Crippen LogP contribution in [0.3, 0.4) is 0 Å². The van der Waals surface area contributed by atoms with Crippen molar-refractivity contribution in [2.24, 2.45) is 0 Å². The molecule has 2 aromatic rings. The first kappa shape index (κ1) is 12.6. The molecule has 5 heteroatoms. The highest BCUT2D eigenvalue weighted by molar-refractivity contribution is 6.33. The third kappa shape index (κ3) is 2.54. The van der Waals surface area contributed by atoms with Crippen LogP contribution < -0.4 is 11.1 Å². The van der Waals surface area contributed by atoms with Crippen molar-refractivity contribution >= 4 is 28.8 Å². The summed E-state index contributed by atoms with van der Waals surface area (Å²) in [5.74, 6) is 0.170. The molecule has 3 N–H and O–H groups in total. The van der Waals surface area contributed by atoms with E-state index in [0.29, 0.717) is 27.8 Å². The third-order valence-corrected chi connectivity index (χ3v) is 2.87. The summed E-state index contributed by atoms with van der Waals surface area (Å²) in [5, 5.41) is 3.29. The van der Waals surface area contributed by atoms with Crippen LogP contribution in [0.2, 0.25) is 5.02 Å². The summed E-state index contributed by atoms with van der Waals surface area (Å²) in [6.45, 7) is 3.57. The van der Waals surface area contributed by atoms with Gasteiger partial charge in [-0.2, -0.15) is 0 Å². The van der Waals surface area contributed by atoms with Gasteiger partial charge in [-0.3, -0.25) is 0 Å². The zero-order valence-corrected chi connectivity index (χ0v) is 10.8. The van der Waals surface area contributed by atoms with Crippen molar-refractivity contribution in [1.29, 1.82) is 0 Å². The maximum absolute atomic E-state index is 13.3. The van der Waals surface area contributed by atoms with Gasteiger partial charge in [0.15, 0.2) is 5.82 Å². The molecule has 0 aliphatic carbocycles. The number of aryl methyl sites for hydroxylation is 2. The van der Waals surface area contributed by atoms with Crippen LogP contribution in [0.15, 0.2) is 24.4 Å². The average Bonchev–Trinajstić information content (AvgIpc) is 2.29. The molecule has 0 amide bonds. The van der Waals surface area contributed by atoms with E-state index < -0.39 is 0 Å². The largest absolute Gasteiger partial charge is 0.396 e. The first-order valence-corrected chi connectivity index (χ1v) is 5.80. The quantitative estimate of drug-likeness (QED) is 0.868.